The number of nitrogens with zero attached hydrogens (tertiary/aromatic N) is 2. The average molecular weight is 284 g/mol. The molecule has 0 aliphatic heterocycles. The fourth-order valence-electron chi connectivity index (χ4n) is 1.81. The van der Waals surface area contributed by atoms with Gasteiger partial charge in [0, 0.05) is 29.8 Å². The van der Waals surface area contributed by atoms with Crippen molar-refractivity contribution in [3.8, 4) is 0 Å². The van der Waals surface area contributed by atoms with Gasteiger partial charge in [-0.1, -0.05) is 17.8 Å². The maximum absolute atomic E-state index is 11.9. The molecule has 0 bridgehead atoms. The predicted molar refractivity (Wildman–Crippen MR) is 79.7 cm³/mol. The molecule has 2 N–H and O–H groups in total. The molecule has 0 aliphatic rings. The van der Waals surface area contributed by atoms with Gasteiger partial charge < -0.3 is 10.3 Å². The maximum Gasteiger partial charge on any atom is 0.234 e. The van der Waals surface area contributed by atoms with Crippen LogP contribution in [0, 0.1) is 0 Å². The second kappa shape index (κ2) is 5.75. The van der Waals surface area contributed by atoms with E-state index in [-0.39, 0.29) is 11.7 Å². The quantitative estimate of drug-likeness (QED) is 0.571. The van der Waals surface area contributed by atoms with Gasteiger partial charge in [-0.2, -0.15) is 0 Å². The lowest BCUT2D eigenvalue weighted by Gasteiger charge is -2.04. The molecule has 3 aromatic rings. The van der Waals surface area contributed by atoms with Gasteiger partial charge in [0.05, 0.1) is 5.75 Å². The topological polar surface area (TPSA) is 70.7 Å². The number of aromatic nitrogens is 3. The molecule has 0 fully saturated rings. The molecular weight excluding hydrogens is 272 g/mol. The molecule has 2 aromatic heterocycles. The third-order valence-electron chi connectivity index (χ3n) is 2.71. The van der Waals surface area contributed by atoms with Crippen LogP contribution < -0.4 is 5.32 Å². The van der Waals surface area contributed by atoms with E-state index >= 15 is 0 Å². The molecule has 0 radical (unpaired) electrons. The minimum atomic E-state index is -0.0756. The van der Waals surface area contributed by atoms with Gasteiger partial charge in [-0.05, 0) is 29.7 Å². The highest BCUT2D eigenvalue weighted by molar-refractivity contribution is 7.99. The lowest BCUT2D eigenvalue weighted by atomic mass is 10.2. The number of hydrogen-bond donors (Lipinski definition) is 2. The first-order chi connectivity index (χ1) is 9.81. The summed E-state index contributed by atoms with van der Waals surface area (Å²) in [5.74, 6) is 0.209. The summed E-state index contributed by atoms with van der Waals surface area (Å²) in [4.78, 5) is 23.1. The first-order valence-electron chi connectivity index (χ1n) is 6.08. The normalized spacial score (nSPS) is 10.6. The highest BCUT2D eigenvalue weighted by atomic mass is 32.2. The number of carbonyl (C=O) groups excluding carboxylic acids is 1. The Morgan fingerprint density at radius 3 is 2.95 bits per heavy atom. The van der Waals surface area contributed by atoms with E-state index < -0.39 is 0 Å². The van der Waals surface area contributed by atoms with Crippen LogP contribution in [-0.4, -0.2) is 26.6 Å². The van der Waals surface area contributed by atoms with Crippen LogP contribution in [0.4, 0.5) is 5.69 Å². The summed E-state index contributed by atoms with van der Waals surface area (Å²) in [6.07, 6.45) is 5.19. The van der Waals surface area contributed by atoms with Crippen molar-refractivity contribution in [1.29, 1.82) is 0 Å². The molecule has 0 unspecified atom stereocenters. The number of amides is 1. The number of fused-ring (bicyclic) bond motifs is 1. The second-order valence-electron chi connectivity index (χ2n) is 4.15. The van der Waals surface area contributed by atoms with Crippen LogP contribution in [0.1, 0.15) is 0 Å². The van der Waals surface area contributed by atoms with Crippen LogP contribution in [0.2, 0.25) is 0 Å². The first kappa shape index (κ1) is 12.7. The summed E-state index contributed by atoms with van der Waals surface area (Å²) in [7, 11) is 0. The minimum Gasteiger partial charge on any atom is -0.361 e. The number of hydrogen-bond acceptors (Lipinski definition) is 4. The van der Waals surface area contributed by atoms with E-state index in [0.29, 0.717) is 5.16 Å². The van der Waals surface area contributed by atoms with Crippen LogP contribution in [0.5, 0.6) is 0 Å². The molecule has 1 amide bonds. The third-order valence-corrected chi connectivity index (χ3v) is 3.59. The van der Waals surface area contributed by atoms with Crippen molar-refractivity contribution in [2.24, 2.45) is 0 Å². The van der Waals surface area contributed by atoms with Crippen molar-refractivity contribution in [3.05, 3.63) is 48.9 Å². The average Bonchev–Trinajstić information content (AvgIpc) is 2.94. The van der Waals surface area contributed by atoms with E-state index in [9.17, 15) is 4.79 Å². The molecule has 0 saturated carbocycles. The Bertz CT molecular complexity index is 726. The van der Waals surface area contributed by atoms with Gasteiger partial charge in [0.2, 0.25) is 5.91 Å². The fourth-order valence-corrected chi connectivity index (χ4v) is 2.42. The van der Waals surface area contributed by atoms with Crippen LogP contribution in [0.3, 0.4) is 0 Å². The van der Waals surface area contributed by atoms with Crippen LogP contribution >= 0.6 is 11.8 Å². The molecule has 3 rings (SSSR count). The van der Waals surface area contributed by atoms with Crippen molar-refractivity contribution in [1.82, 2.24) is 15.0 Å². The number of thioether (sulfide) groups is 1. The fraction of sp³-hybridized carbons (Fsp3) is 0.0714. The predicted octanol–water partition coefficient (Wildman–Crippen LogP) is 2.69. The van der Waals surface area contributed by atoms with Crippen molar-refractivity contribution in [2.75, 3.05) is 11.1 Å². The van der Waals surface area contributed by atoms with Gasteiger partial charge in [-0.3, -0.25) is 4.79 Å². The number of nitrogens with one attached hydrogen (secondary N) is 2. The summed E-state index contributed by atoms with van der Waals surface area (Å²) < 4.78 is 0. The van der Waals surface area contributed by atoms with Crippen LogP contribution in [0.25, 0.3) is 10.9 Å². The van der Waals surface area contributed by atoms with E-state index in [1.165, 1.54) is 11.8 Å². The Morgan fingerprint density at radius 2 is 2.10 bits per heavy atom. The summed E-state index contributed by atoms with van der Waals surface area (Å²) in [5, 5.41) is 4.58. The molecule has 0 atom stereocenters. The second-order valence-corrected chi connectivity index (χ2v) is 5.09. The van der Waals surface area contributed by atoms with Crippen molar-refractivity contribution in [3.63, 3.8) is 0 Å². The highest BCUT2D eigenvalue weighted by Crippen LogP contribution is 2.18. The standard InChI is InChI=1S/C14H12N4OS/c19-13(9-20-14-16-5-1-6-17-14)18-11-3-2-10-4-7-15-12(10)8-11/h1-8,15H,9H2,(H,18,19). The maximum atomic E-state index is 11.9. The van der Waals surface area contributed by atoms with E-state index in [0.717, 1.165) is 16.6 Å². The summed E-state index contributed by atoms with van der Waals surface area (Å²) in [6.45, 7) is 0. The molecule has 0 aliphatic carbocycles. The van der Waals surface area contributed by atoms with Crippen LogP contribution in [-0.2, 0) is 4.79 Å². The zero-order chi connectivity index (χ0) is 13.8. The Hall–Kier alpha value is -2.34. The molecule has 20 heavy (non-hydrogen) atoms. The number of anilines is 1. The Morgan fingerprint density at radius 1 is 1.25 bits per heavy atom. The lowest BCUT2D eigenvalue weighted by molar-refractivity contribution is -0.113. The largest absolute Gasteiger partial charge is 0.361 e. The van der Waals surface area contributed by atoms with Gasteiger partial charge in [-0.15, -0.1) is 0 Å². The Balaban J connectivity index is 1.61. The van der Waals surface area contributed by atoms with E-state index in [1.807, 2.05) is 30.5 Å². The van der Waals surface area contributed by atoms with Crippen LogP contribution in [0.15, 0.2) is 54.1 Å². The Labute approximate surface area is 119 Å². The van der Waals surface area contributed by atoms with Gasteiger partial charge in [0.15, 0.2) is 5.16 Å². The highest BCUT2D eigenvalue weighted by Gasteiger charge is 2.05. The van der Waals surface area contributed by atoms with Gasteiger partial charge in [0.1, 0.15) is 0 Å². The molecule has 2 heterocycles. The SMILES string of the molecule is O=C(CSc1ncccn1)Nc1ccc2cc[nH]c2c1. The van der Waals surface area contributed by atoms with Gasteiger partial charge in [0.25, 0.3) is 0 Å². The number of aromatic amines is 1. The summed E-state index contributed by atoms with van der Waals surface area (Å²) in [5.41, 5.74) is 1.78. The Kier molecular flexibility index (Phi) is 3.64. The zero-order valence-corrected chi connectivity index (χ0v) is 11.4. The van der Waals surface area contributed by atoms with E-state index in [1.54, 1.807) is 18.5 Å². The number of rotatable bonds is 4. The number of benzene rings is 1. The molecule has 0 spiro atoms. The summed E-state index contributed by atoms with van der Waals surface area (Å²) >= 11 is 1.31. The molecule has 6 heteroatoms. The smallest absolute Gasteiger partial charge is 0.234 e. The number of H-pyrrole nitrogens is 1. The van der Waals surface area contributed by atoms with Crippen molar-refractivity contribution < 1.29 is 4.79 Å². The monoisotopic (exact) mass is 284 g/mol. The molecular formula is C14H12N4OS. The lowest BCUT2D eigenvalue weighted by Crippen LogP contribution is -2.14. The zero-order valence-electron chi connectivity index (χ0n) is 10.5. The molecule has 5 nitrogen and oxygen atoms in total. The summed E-state index contributed by atoms with van der Waals surface area (Å²) in [6, 6.07) is 9.50. The van der Waals surface area contributed by atoms with E-state index in [2.05, 4.69) is 20.3 Å². The van der Waals surface area contributed by atoms with Crippen molar-refractivity contribution >= 4 is 34.3 Å². The first-order valence-corrected chi connectivity index (χ1v) is 7.07. The molecule has 1 aromatic carbocycles. The molecule has 100 valence electrons. The van der Waals surface area contributed by atoms with Gasteiger partial charge >= 0.3 is 0 Å². The minimum absolute atomic E-state index is 0.0756. The number of carbonyl (C=O) groups is 1. The van der Waals surface area contributed by atoms with Crippen molar-refractivity contribution in [2.45, 2.75) is 5.16 Å². The van der Waals surface area contributed by atoms with Gasteiger partial charge in [-0.25, -0.2) is 9.97 Å². The van der Waals surface area contributed by atoms with E-state index in [4.69, 9.17) is 0 Å². The third kappa shape index (κ3) is 2.97. The molecule has 0 saturated heterocycles.